The third-order valence-corrected chi connectivity index (χ3v) is 0. The van der Waals surface area contributed by atoms with Crippen LogP contribution in [-0.4, -0.2) is 5.09 Å². The molecule has 0 N–H and O–H groups in total. The van der Waals surface area contributed by atoms with E-state index in [1.54, 1.807) is 0 Å². The van der Waals surface area contributed by atoms with Gasteiger partial charge in [0.25, 0.3) is 0 Å². The van der Waals surface area contributed by atoms with Gasteiger partial charge in [0, 0.05) is 0 Å². The average Bonchev–Trinajstić information content (AvgIpc) is 1.19. The fraction of sp³-hybridized carbons (Fsp3) is 0. The van der Waals surface area contributed by atoms with E-state index >= 15 is 0 Å². The topological polar surface area (TPSA) is 140 Å². The van der Waals surface area contributed by atoms with Gasteiger partial charge in [0.15, 0.2) is 0 Å². The maximum absolute atomic E-state index is 8.58. The second-order valence-corrected chi connectivity index (χ2v) is 1.78. The molecule has 0 saturated carbocycles. The predicted octanol–water partition coefficient (Wildman–Crippen LogP) is -4.79. The minimum absolute atomic E-state index is 0. The summed E-state index contributed by atoms with van der Waals surface area (Å²) in [4.78, 5) is 8.25. The molecule has 11 heteroatoms. The molecule has 66 valence electrons. The van der Waals surface area contributed by atoms with Gasteiger partial charge in [-0.25, -0.2) is 0 Å². The van der Waals surface area contributed by atoms with Gasteiger partial charge in [-0.1, -0.05) is 0 Å². The summed E-state index contributed by atoms with van der Waals surface area (Å²) in [5.74, 6) is 0. The van der Waals surface area contributed by atoms with Gasteiger partial charge in [-0.15, -0.1) is 0 Å². The van der Waals surface area contributed by atoms with Crippen LogP contribution >= 0.6 is 0 Å². The van der Waals surface area contributed by atoms with Crippen LogP contribution in [0.1, 0.15) is 0 Å². The van der Waals surface area contributed by atoms with Crippen LogP contribution in [0, 0.1) is 15.3 Å². The maximum atomic E-state index is 8.58. The summed E-state index contributed by atoms with van der Waals surface area (Å²) < 4.78 is 34.3. The van der Waals surface area contributed by atoms with Crippen LogP contribution in [-0.2, 0) is 46.9 Å². The van der Waals surface area contributed by atoms with E-state index in [2.05, 4.69) is 0 Å². The Morgan fingerprint density at radius 2 is 1.09 bits per heavy atom. The van der Waals surface area contributed by atoms with Crippen molar-refractivity contribution in [2.45, 2.75) is 0 Å². The Balaban J connectivity index is -0.0000000383. The molecule has 0 rings (SSSR count). The van der Waals surface area contributed by atoms with Gasteiger partial charge < -0.3 is 15.3 Å². The molecule has 0 aromatic carbocycles. The molecule has 11 heavy (non-hydrogen) atoms. The number of nitrogens with zero attached hydrogens (tertiary/aromatic N) is 1. The van der Waals surface area contributed by atoms with E-state index in [-0.39, 0.29) is 73.8 Å². The van der Waals surface area contributed by atoms with Gasteiger partial charge in [-0.2, -0.15) is 0 Å². The molecule has 0 aromatic rings. The Morgan fingerprint density at radius 1 is 1.09 bits per heavy atom. The van der Waals surface area contributed by atoms with Crippen LogP contribution < -0.4 is 55.6 Å². The number of hydrogen-bond acceptors (Lipinski definition) is 7. The monoisotopic (exact) mass is 327 g/mol. The van der Waals surface area contributed by atoms with Crippen molar-refractivity contribution in [2.24, 2.45) is 0 Å². The molecule has 0 atom stereocenters. The Kier molecular flexibility index (Phi) is 23.8. The van der Waals surface area contributed by atoms with E-state index < -0.39 is 18.1 Å². The van der Waals surface area contributed by atoms with E-state index in [0.29, 0.717) is 0 Å². The van der Waals surface area contributed by atoms with Crippen LogP contribution in [0.3, 0.4) is 0 Å². The van der Waals surface area contributed by atoms with E-state index in [9.17, 15) is 0 Å². The molecule has 0 aliphatic heterocycles. The average molecular weight is 328 g/mol. The molecular weight excluding hydrogens is 328 g/mol. The molecule has 0 fully saturated rings. The van der Waals surface area contributed by atoms with Crippen LogP contribution in [0.25, 0.3) is 0 Å². The van der Waals surface area contributed by atoms with Gasteiger partial charge in [0.05, 0.1) is 5.09 Å². The Labute approximate surface area is 121 Å². The summed E-state index contributed by atoms with van der Waals surface area (Å²) in [6.45, 7) is 0. The van der Waals surface area contributed by atoms with Crippen molar-refractivity contribution in [3.05, 3.63) is 15.3 Å². The Morgan fingerprint density at radius 3 is 1.09 bits per heavy atom. The van der Waals surface area contributed by atoms with Gasteiger partial charge >= 0.3 is 102 Å². The zero-order valence-corrected chi connectivity index (χ0v) is 10.8. The summed E-state index contributed by atoms with van der Waals surface area (Å²) >= 11 is -5.62. The molecule has 0 radical (unpaired) electrons. The first kappa shape index (κ1) is 22.9. The first-order valence-corrected chi connectivity index (χ1v) is 3.09. The number of hydrogen-bond donors (Lipinski definition) is 0. The summed E-state index contributed by atoms with van der Waals surface area (Å²) in [7, 11) is 0. The van der Waals surface area contributed by atoms with Crippen molar-refractivity contribution in [1.82, 2.24) is 0 Å². The van der Waals surface area contributed by atoms with Crippen molar-refractivity contribution in [1.29, 1.82) is 0 Å². The molecule has 0 amide bonds. The van der Waals surface area contributed by atoms with E-state index in [4.69, 9.17) is 31.0 Å². The Hall–Kier alpha value is 1.46. The second-order valence-electron chi connectivity index (χ2n) is 0.602. The molecular formula is AgKMnNO7. The summed E-state index contributed by atoms with van der Waals surface area (Å²) in [6.07, 6.45) is 0. The first-order valence-electron chi connectivity index (χ1n) is 1.16. The molecule has 0 spiro atoms. The molecule has 0 saturated heterocycles. The standard InChI is InChI=1S/Ag.K.Mn.NO3.4O/c;;;2-1(3)4;;;;/q2*+1;;-1;;;;-1. The SMILES string of the molecule is O=[N+]([O-])[O-].[Ag+].[K+].[O]=[Mn](=[O])(=[O])[O-]. The van der Waals surface area contributed by atoms with Crippen LogP contribution in [0.4, 0.5) is 0 Å². The normalized spacial score (nSPS) is 7.36. The predicted molar refractivity (Wildman–Crippen MR) is 12.4 cm³/mol. The summed E-state index contributed by atoms with van der Waals surface area (Å²) in [5, 5.41) is 14.8. The van der Waals surface area contributed by atoms with Crippen molar-refractivity contribution in [3.63, 3.8) is 0 Å². The Bertz CT molecular complexity index is 204. The molecule has 0 aromatic heterocycles. The fourth-order valence-corrected chi connectivity index (χ4v) is 0. The molecule has 8 nitrogen and oxygen atoms in total. The molecule has 0 aliphatic rings. The van der Waals surface area contributed by atoms with Gasteiger partial charge in [-0.3, -0.25) is 0 Å². The first-order chi connectivity index (χ1) is 3.73. The van der Waals surface area contributed by atoms with Gasteiger partial charge in [0.1, 0.15) is 0 Å². The van der Waals surface area contributed by atoms with Crippen LogP contribution in [0.15, 0.2) is 0 Å². The van der Waals surface area contributed by atoms with Crippen LogP contribution in [0.5, 0.6) is 0 Å². The molecule has 0 unspecified atom stereocenters. The fourth-order valence-electron chi connectivity index (χ4n) is 0. The van der Waals surface area contributed by atoms with Crippen molar-refractivity contribution in [2.75, 3.05) is 0 Å². The molecule has 0 bridgehead atoms. The van der Waals surface area contributed by atoms with Crippen molar-refractivity contribution < 1.29 is 108 Å². The second kappa shape index (κ2) is 11.5. The summed E-state index contributed by atoms with van der Waals surface area (Å²) in [5.41, 5.74) is 0. The van der Waals surface area contributed by atoms with Crippen molar-refractivity contribution >= 4 is 0 Å². The molecule has 0 aliphatic carbocycles. The third kappa shape index (κ3) is 483. The van der Waals surface area contributed by atoms with Gasteiger partial charge in [-0.05, 0) is 0 Å². The quantitative estimate of drug-likeness (QED) is 0.247. The zero-order valence-electron chi connectivity index (χ0n) is 4.98. The van der Waals surface area contributed by atoms with Gasteiger partial charge in [0.2, 0.25) is 0 Å². The van der Waals surface area contributed by atoms with Crippen molar-refractivity contribution in [3.8, 4) is 0 Å². The minimum atomic E-state index is -5.62. The molecule has 0 heterocycles. The van der Waals surface area contributed by atoms with E-state index in [0.717, 1.165) is 0 Å². The summed E-state index contributed by atoms with van der Waals surface area (Å²) in [6, 6.07) is 0. The third-order valence-electron chi connectivity index (χ3n) is 0. The zero-order chi connectivity index (χ0) is 8.08. The number of rotatable bonds is 0. The van der Waals surface area contributed by atoms with E-state index in [1.807, 2.05) is 0 Å². The van der Waals surface area contributed by atoms with E-state index in [1.165, 1.54) is 0 Å². The van der Waals surface area contributed by atoms with Crippen LogP contribution in [0.2, 0.25) is 0 Å².